The van der Waals surface area contributed by atoms with Crippen LogP contribution in [0.2, 0.25) is 0 Å². The molecule has 86 valence electrons. The summed E-state index contributed by atoms with van der Waals surface area (Å²) in [7, 11) is 0. The van der Waals surface area contributed by atoms with E-state index in [1.54, 1.807) is 0 Å². The van der Waals surface area contributed by atoms with Crippen LogP contribution in [0.25, 0.3) is 0 Å². The van der Waals surface area contributed by atoms with Crippen LogP contribution < -0.4 is 5.32 Å². The van der Waals surface area contributed by atoms with E-state index in [-0.39, 0.29) is 0 Å². The second-order valence-corrected chi connectivity index (χ2v) is 5.71. The molecule has 0 aromatic heterocycles. The van der Waals surface area contributed by atoms with Gasteiger partial charge in [0.1, 0.15) is 0 Å². The smallest absolute Gasteiger partial charge is 0.000790 e. The Labute approximate surface area is 94.4 Å². The first kappa shape index (κ1) is 14.3. The van der Waals surface area contributed by atoms with Crippen LogP contribution in [-0.4, -0.2) is 25.1 Å². The maximum atomic E-state index is 3.56. The Kier molecular flexibility index (Phi) is 7.75. The lowest BCUT2D eigenvalue weighted by atomic mass is 9.77. The van der Waals surface area contributed by atoms with E-state index in [0.29, 0.717) is 5.41 Å². The van der Waals surface area contributed by atoms with Crippen LogP contribution in [0.3, 0.4) is 0 Å². The summed E-state index contributed by atoms with van der Waals surface area (Å²) >= 11 is 1.96. The molecule has 0 saturated heterocycles. The number of nitrogens with one attached hydrogen (secondary N) is 1. The largest absolute Gasteiger partial charge is 0.316 e. The molecule has 0 amide bonds. The first-order valence-electron chi connectivity index (χ1n) is 5.76. The number of rotatable bonds is 8. The molecule has 0 aromatic rings. The van der Waals surface area contributed by atoms with E-state index in [0.717, 1.165) is 12.5 Å². The maximum Gasteiger partial charge on any atom is 0.000790 e. The molecule has 0 aliphatic carbocycles. The quantitative estimate of drug-likeness (QED) is 0.625. The molecule has 0 radical (unpaired) electrons. The fourth-order valence-corrected chi connectivity index (χ4v) is 2.14. The number of hydrogen-bond donors (Lipinski definition) is 1. The zero-order chi connectivity index (χ0) is 11.0. The fourth-order valence-electron chi connectivity index (χ4n) is 1.47. The Bertz CT molecular complexity index is 136. The highest BCUT2D eigenvalue weighted by Crippen LogP contribution is 2.31. The average molecular weight is 217 g/mol. The molecule has 0 heterocycles. The number of hydrogen-bond acceptors (Lipinski definition) is 2. The zero-order valence-corrected chi connectivity index (χ0v) is 11.3. The van der Waals surface area contributed by atoms with Crippen molar-refractivity contribution in [1.29, 1.82) is 0 Å². The van der Waals surface area contributed by atoms with E-state index in [1.165, 1.54) is 25.1 Å². The lowest BCUT2D eigenvalue weighted by molar-refractivity contribution is 0.203. The fraction of sp³-hybridized carbons (Fsp3) is 1.00. The third kappa shape index (κ3) is 5.26. The Morgan fingerprint density at radius 1 is 1.36 bits per heavy atom. The van der Waals surface area contributed by atoms with Gasteiger partial charge < -0.3 is 5.32 Å². The van der Waals surface area contributed by atoms with Gasteiger partial charge in [-0.05, 0) is 42.7 Å². The summed E-state index contributed by atoms with van der Waals surface area (Å²) in [5, 5.41) is 3.56. The molecule has 1 nitrogen and oxygen atoms in total. The molecular formula is C12H27NS. The van der Waals surface area contributed by atoms with Crippen molar-refractivity contribution in [1.82, 2.24) is 5.32 Å². The molecule has 0 bridgehead atoms. The molecule has 0 fully saturated rings. The van der Waals surface area contributed by atoms with Gasteiger partial charge in [0.2, 0.25) is 0 Å². The second-order valence-electron chi connectivity index (χ2n) is 4.73. The van der Waals surface area contributed by atoms with E-state index in [1.807, 2.05) is 11.8 Å². The molecule has 0 aromatic carbocycles. The summed E-state index contributed by atoms with van der Waals surface area (Å²) in [6, 6.07) is 0. The van der Waals surface area contributed by atoms with Crippen molar-refractivity contribution in [3.05, 3.63) is 0 Å². The molecule has 1 unspecified atom stereocenters. The minimum absolute atomic E-state index is 0.470. The molecule has 0 aliphatic heterocycles. The van der Waals surface area contributed by atoms with Crippen molar-refractivity contribution in [2.75, 3.05) is 25.1 Å². The first-order valence-corrected chi connectivity index (χ1v) is 7.16. The van der Waals surface area contributed by atoms with E-state index in [4.69, 9.17) is 0 Å². The predicted octanol–water partition coefficient (Wildman–Crippen LogP) is 3.40. The number of thioether (sulfide) groups is 1. The Hall–Kier alpha value is 0.310. The van der Waals surface area contributed by atoms with E-state index in [2.05, 4.69) is 39.3 Å². The van der Waals surface area contributed by atoms with Gasteiger partial charge >= 0.3 is 0 Å². The van der Waals surface area contributed by atoms with Crippen LogP contribution in [0.4, 0.5) is 0 Å². The topological polar surface area (TPSA) is 12.0 Å². The van der Waals surface area contributed by atoms with Crippen LogP contribution in [0, 0.1) is 11.3 Å². The van der Waals surface area contributed by atoms with Crippen LogP contribution in [-0.2, 0) is 0 Å². The molecule has 0 aliphatic rings. The highest BCUT2D eigenvalue weighted by Gasteiger charge is 2.26. The molecule has 0 spiro atoms. The zero-order valence-electron chi connectivity index (χ0n) is 10.5. The van der Waals surface area contributed by atoms with Gasteiger partial charge in [-0.15, -0.1) is 0 Å². The van der Waals surface area contributed by atoms with Crippen LogP contribution in [0.15, 0.2) is 0 Å². The van der Waals surface area contributed by atoms with Gasteiger partial charge in [-0.3, -0.25) is 0 Å². The van der Waals surface area contributed by atoms with E-state index in [9.17, 15) is 0 Å². The summed E-state index contributed by atoms with van der Waals surface area (Å²) in [5.74, 6) is 2.04. The van der Waals surface area contributed by atoms with Crippen molar-refractivity contribution < 1.29 is 0 Å². The molecule has 0 rings (SSSR count). The molecular weight excluding hydrogens is 190 g/mol. The minimum Gasteiger partial charge on any atom is -0.316 e. The monoisotopic (exact) mass is 217 g/mol. The van der Waals surface area contributed by atoms with Gasteiger partial charge in [0, 0.05) is 6.54 Å². The molecule has 2 heteroatoms. The summed E-state index contributed by atoms with van der Waals surface area (Å²) in [6.07, 6.45) is 4.75. The molecule has 14 heavy (non-hydrogen) atoms. The summed E-state index contributed by atoms with van der Waals surface area (Å²) in [6.45, 7) is 11.6. The van der Waals surface area contributed by atoms with Gasteiger partial charge in [-0.1, -0.05) is 27.7 Å². The molecule has 1 N–H and O–H groups in total. The summed E-state index contributed by atoms with van der Waals surface area (Å²) < 4.78 is 0. The van der Waals surface area contributed by atoms with Crippen LogP contribution in [0.1, 0.15) is 40.5 Å². The normalized spacial score (nSPS) is 15.9. The lowest BCUT2D eigenvalue weighted by Crippen LogP contribution is -2.37. The molecule has 0 saturated carbocycles. The van der Waals surface area contributed by atoms with E-state index < -0.39 is 0 Å². The predicted molar refractivity (Wildman–Crippen MR) is 69.1 cm³/mol. The van der Waals surface area contributed by atoms with E-state index >= 15 is 0 Å². The van der Waals surface area contributed by atoms with Crippen LogP contribution in [0.5, 0.6) is 0 Å². The van der Waals surface area contributed by atoms with Crippen LogP contribution >= 0.6 is 11.8 Å². The SMILES string of the molecule is CCCNCC(C)(CCSC)C(C)C. The lowest BCUT2D eigenvalue weighted by Gasteiger charge is -2.34. The van der Waals surface area contributed by atoms with Crippen molar-refractivity contribution in [3.63, 3.8) is 0 Å². The standard InChI is InChI=1S/C12H27NS/c1-6-8-13-10-12(4,11(2)3)7-9-14-5/h11,13H,6-10H2,1-5H3. The van der Waals surface area contributed by atoms with Gasteiger partial charge in [0.25, 0.3) is 0 Å². The van der Waals surface area contributed by atoms with Crippen molar-refractivity contribution in [2.45, 2.75) is 40.5 Å². The Balaban J connectivity index is 3.96. The highest BCUT2D eigenvalue weighted by molar-refractivity contribution is 7.98. The molecule has 1 atom stereocenters. The summed E-state index contributed by atoms with van der Waals surface area (Å²) in [5.41, 5.74) is 0.470. The van der Waals surface area contributed by atoms with Gasteiger partial charge in [0.05, 0.1) is 0 Å². The third-order valence-corrected chi connectivity index (χ3v) is 3.84. The average Bonchev–Trinajstić information content (AvgIpc) is 2.15. The second kappa shape index (κ2) is 7.58. The van der Waals surface area contributed by atoms with Crippen molar-refractivity contribution in [2.24, 2.45) is 11.3 Å². The summed E-state index contributed by atoms with van der Waals surface area (Å²) in [4.78, 5) is 0. The van der Waals surface area contributed by atoms with Crippen molar-refractivity contribution in [3.8, 4) is 0 Å². The van der Waals surface area contributed by atoms with Gasteiger partial charge in [-0.2, -0.15) is 11.8 Å². The van der Waals surface area contributed by atoms with Gasteiger partial charge in [-0.25, -0.2) is 0 Å². The first-order chi connectivity index (χ1) is 6.56. The van der Waals surface area contributed by atoms with Crippen molar-refractivity contribution >= 4 is 11.8 Å². The van der Waals surface area contributed by atoms with Gasteiger partial charge in [0.15, 0.2) is 0 Å². The Morgan fingerprint density at radius 2 is 2.00 bits per heavy atom. The maximum absolute atomic E-state index is 3.56. The Morgan fingerprint density at radius 3 is 2.43 bits per heavy atom. The highest BCUT2D eigenvalue weighted by atomic mass is 32.2. The minimum atomic E-state index is 0.470. The third-order valence-electron chi connectivity index (χ3n) is 3.23.